The van der Waals surface area contributed by atoms with E-state index in [-0.39, 0.29) is 29.0 Å². The fourth-order valence-corrected chi connectivity index (χ4v) is 7.73. The monoisotopic (exact) mass is 574 g/mol. The predicted octanol–water partition coefficient (Wildman–Crippen LogP) is 6.65. The molecule has 0 bridgehead atoms. The Morgan fingerprint density at radius 2 is 1.35 bits per heavy atom. The van der Waals surface area contributed by atoms with Crippen molar-refractivity contribution in [2.75, 3.05) is 43.6 Å². The molecule has 0 N–H and O–H groups in total. The summed E-state index contributed by atoms with van der Waals surface area (Å²) in [4.78, 5) is 21.1. The second-order valence-electron chi connectivity index (χ2n) is 10.5. The van der Waals surface area contributed by atoms with Crippen LogP contribution in [-0.4, -0.2) is 65.2 Å². The number of allylic oxidation sites excluding steroid dienone is 1. The van der Waals surface area contributed by atoms with Gasteiger partial charge in [-0.3, -0.25) is 14.0 Å². The summed E-state index contributed by atoms with van der Waals surface area (Å²) in [6, 6.07) is 29.7. The quantitative estimate of drug-likeness (QED) is 0.200. The van der Waals surface area contributed by atoms with Crippen molar-refractivity contribution in [2.45, 2.75) is 37.1 Å². The number of halogens is 1. The second-order valence-corrected chi connectivity index (χ2v) is 12.3. The van der Waals surface area contributed by atoms with E-state index in [0.29, 0.717) is 0 Å². The minimum Gasteiger partial charge on any atom is -0.355 e. The van der Waals surface area contributed by atoms with Crippen LogP contribution in [-0.2, 0) is 6.54 Å². The van der Waals surface area contributed by atoms with Crippen molar-refractivity contribution in [1.82, 2.24) is 14.7 Å². The van der Waals surface area contributed by atoms with Gasteiger partial charge in [-0.2, -0.15) is 0 Å². The van der Waals surface area contributed by atoms with Crippen LogP contribution in [0.25, 0.3) is 0 Å². The summed E-state index contributed by atoms with van der Waals surface area (Å²) in [5, 5.41) is 2.37. The Hall–Kier alpha value is -3.06. The zero-order valence-electron chi connectivity index (χ0n) is 23.0. The van der Waals surface area contributed by atoms with Gasteiger partial charge in [-0.15, -0.1) is 12.4 Å². The van der Waals surface area contributed by atoms with E-state index in [1.54, 1.807) is 0 Å². The first-order valence-corrected chi connectivity index (χ1v) is 15.6. The van der Waals surface area contributed by atoms with Crippen molar-refractivity contribution >= 4 is 40.0 Å². The summed E-state index contributed by atoms with van der Waals surface area (Å²) in [5.74, 6) is 1.53. The van der Waals surface area contributed by atoms with Gasteiger partial charge in [0.25, 0.3) is 5.91 Å². The number of benzene rings is 3. The Balaban J connectivity index is 0.00000323. The van der Waals surface area contributed by atoms with Gasteiger partial charge in [0.05, 0.1) is 5.69 Å². The molecule has 3 heterocycles. The number of anilines is 1. The van der Waals surface area contributed by atoms with Crippen molar-refractivity contribution in [2.24, 2.45) is 0 Å². The molecule has 0 radical (unpaired) electrons. The fourth-order valence-electron chi connectivity index (χ4n) is 5.83. The third kappa shape index (κ3) is 6.30. The van der Waals surface area contributed by atoms with Gasteiger partial charge < -0.3 is 9.80 Å². The van der Waals surface area contributed by atoms with E-state index in [0.717, 1.165) is 51.3 Å². The lowest BCUT2D eigenvalue weighted by molar-refractivity contribution is 0.0775. The van der Waals surface area contributed by atoms with Gasteiger partial charge in [-0.05, 0) is 66.7 Å². The zero-order valence-corrected chi connectivity index (χ0v) is 24.7. The summed E-state index contributed by atoms with van der Waals surface area (Å²) < 4.78 is 2.52. The molecule has 0 spiro atoms. The van der Waals surface area contributed by atoms with Crippen LogP contribution in [0.4, 0.5) is 5.69 Å². The first kappa shape index (κ1) is 28.5. The number of nitrogens with zero attached hydrogens (tertiary/aromatic N) is 4. The molecule has 3 aromatic carbocycles. The van der Waals surface area contributed by atoms with E-state index in [2.05, 4.69) is 92.3 Å². The number of hydrogen-bond acceptors (Lipinski definition) is 4. The number of hydrogen-bond donors (Lipinski definition) is 0. The van der Waals surface area contributed by atoms with Crippen molar-refractivity contribution < 1.29 is 4.79 Å². The topological polar surface area (TPSA) is 30.0 Å². The van der Waals surface area contributed by atoms with Crippen molar-refractivity contribution in [3.05, 3.63) is 108 Å². The highest BCUT2D eigenvalue weighted by molar-refractivity contribution is 8.16. The third-order valence-electron chi connectivity index (χ3n) is 7.97. The average Bonchev–Trinajstić information content (AvgIpc) is 3.58. The number of fused-ring (bicyclic) bond motifs is 1. The summed E-state index contributed by atoms with van der Waals surface area (Å²) >= 11 is 0. The molecule has 210 valence electrons. The highest BCUT2D eigenvalue weighted by Gasteiger charge is 2.28. The Morgan fingerprint density at radius 3 is 2.08 bits per heavy atom. The Bertz CT molecular complexity index is 1340. The second kappa shape index (κ2) is 13.5. The van der Waals surface area contributed by atoms with E-state index in [9.17, 15) is 4.79 Å². The zero-order chi connectivity index (χ0) is 26.4. The highest BCUT2D eigenvalue weighted by Crippen LogP contribution is 2.42. The number of para-hydroxylation sites is 1. The van der Waals surface area contributed by atoms with Gasteiger partial charge >= 0.3 is 0 Å². The molecular formula is C33H39ClN4OS. The maximum Gasteiger partial charge on any atom is 0.254 e. The van der Waals surface area contributed by atoms with Gasteiger partial charge in [0.2, 0.25) is 0 Å². The van der Waals surface area contributed by atoms with Gasteiger partial charge in [0.15, 0.2) is 0 Å². The maximum atomic E-state index is 12.5. The molecule has 0 aromatic heterocycles. The van der Waals surface area contributed by atoms with Crippen LogP contribution in [0.3, 0.4) is 0 Å². The van der Waals surface area contributed by atoms with Crippen molar-refractivity contribution in [3.63, 3.8) is 0 Å². The number of carbonyl (C=O) groups excluding carboxylic acids is 1. The van der Waals surface area contributed by atoms with Gasteiger partial charge in [0.1, 0.15) is 5.82 Å². The molecule has 3 aliphatic rings. The lowest BCUT2D eigenvalue weighted by Crippen LogP contribution is -2.47. The molecule has 1 saturated heterocycles. The molecule has 5 nitrogen and oxygen atoms in total. The number of rotatable bonds is 10. The van der Waals surface area contributed by atoms with E-state index >= 15 is 0 Å². The molecular weight excluding hydrogens is 536 g/mol. The van der Waals surface area contributed by atoms with E-state index in [1.165, 1.54) is 47.8 Å². The van der Waals surface area contributed by atoms with Crippen LogP contribution in [0.5, 0.6) is 0 Å². The lowest BCUT2D eigenvalue weighted by Gasteiger charge is -2.40. The molecule has 7 heteroatoms. The van der Waals surface area contributed by atoms with Crippen molar-refractivity contribution in [3.8, 4) is 0 Å². The highest BCUT2D eigenvalue weighted by atomic mass is 35.5. The summed E-state index contributed by atoms with van der Waals surface area (Å²) in [5.41, 5.74) is 3.33. The van der Waals surface area contributed by atoms with Gasteiger partial charge in [-0.1, -0.05) is 78.1 Å². The Morgan fingerprint density at radius 1 is 0.700 bits per heavy atom. The standard InChI is InChI=1S/C33H38N4OS.ClH/c38-33-31-18-10-9-13-28(31)27-36(33)21-12-2-1-11-20-34-22-24-35(25-23-34)32-19-26-39(30-16-7-4-8-17-30)37(32)29-14-5-3-6-15-29;/h3-10,13-19,26H,1-2,11-12,20-25,27H2;1H. The van der Waals surface area contributed by atoms with Crippen LogP contribution in [0.1, 0.15) is 41.6 Å². The maximum absolute atomic E-state index is 12.5. The molecule has 1 atom stereocenters. The van der Waals surface area contributed by atoms with E-state index in [4.69, 9.17) is 0 Å². The van der Waals surface area contributed by atoms with E-state index in [1.807, 2.05) is 23.1 Å². The minimum atomic E-state index is -0.107. The predicted molar refractivity (Wildman–Crippen MR) is 170 cm³/mol. The van der Waals surface area contributed by atoms with Crippen LogP contribution >= 0.6 is 23.1 Å². The molecule has 3 aromatic rings. The number of carbonyl (C=O) groups is 1. The molecule has 6 rings (SSSR count). The Kier molecular flexibility index (Phi) is 9.63. The molecule has 0 aliphatic carbocycles. The Labute approximate surface area is 247 Å². The van der Waals surface area contributed by atoms with Crippen molar-refractivity contribution in [1.29, 1.82) is 0 Å². The van der Waals surface area contributed by atoms with Gasteiger partial charge in [0, 0.05) is 49.7 Å². The first-order valence-electron chi connectivity index (χ1n) is 14.3. The van der Waals surface area contributed by atoms with Crippen LogP contribution < -0.4 is 4.31 Å². The SMILES string of the molecule is Cl.O=C1c2ccccc2CN1CCCCCCN1CCN(C2=CC=S(c3ccccc3)N2c2ccccc2)CC1. The molecule has 1 unspecified atom stereocenters. The summed E-state index contributed by atoms with van der Waals surface area (Å²) in [7, 11) is -0.107. The number of amides is 1. The lowest BCUT2D eigenvalue weighted by atomic mass is 10.1. The average molecular weight is 575 g/mol. The summed E-state index contributed by atoms with van der Waals surface area (Å²) in [6.45, 7) is 7.17. The van der Waals surface area contributed by atoms with Crippen LogP contribution in [0.15, 0.2) is 102 Å². The first-order chi connectivity index (χ1) is 19.3. The third-order valence-corrected chi connectivity index (χ3v) is 9.91. The van der Waals surface area contributed by atoms with E-state index < -0.39 is 0 Å². The molecule has 1 amide bonds. The number of unbranched alkanes of at least 4 members (excludes halogenated alkanes) is 3. The van der Waals surface area contributed by atoms with Crippen LogP contribution in [0.2, 0.25) is 0 Å². The molecule has 0 saturated carbocycles. The molecule has 40 heavy (non-hydrogen) atoms. The molecule has 3 aliphatic heterocycles. The number of piperazine rings is 1. The molecule has 1 fully saturated rings. The normalized spacial score (nSPS) is 18.8. The fraction of sp³-hybridized carbons (Fsp3) is 0.333. The van der Waals surface area contributed by atoms with Crippen LogP contribution in [0, 0.1) is 0 Å². The largest absolute Gasteiger partial charge is 0.355 e. The van der Waals surface area contributed by atoms with Gasteiger partial charge in [-0.25, -0.2) is 0 Å². The smallest absolute Gasteiger partial charge is 0.254 e. The minimum absolute atomic E-state index is 0. The summed E-state index contributed by atoms with van der Waals surface area (Å²) in [6.07, 6.45) is 7.09.